The highest BCUT2D eigenvalue weighted by molar-refractivity contribution is 5.79. The van der Waals surface area contributed by atoms with Gasteiger partial charge in [-0.3, -0.25) is 4.90 Å². The van der Waals surface area contributed by atoms with Crippen LogP contribution in [0.1, 0.15) is 12.8 Å². The zero-order valence-electron chi connectivity index (χ0n) is 8.74. The normalized spacial score (nSPS) is 13.4. The molecule has 0 atom stereocenters. The van der Waals surface area contributed by atoms with Gasteiger partial charge in [-0.1, -0.05) is 5.16 Å². The lowest BCUT2D eigenvalue weighted by atomic mass is 10.2. The highest BCUT2D eigenvalue weighted by atomic mass is 19.4. The molecule has 0 aliphatic carbocycles. The number of amidine groups is 1. The van der Waals surface area contributed by atoms with E-state index in [1.807, 2.05) is 0 Å². The van der Waals surface area contributed by atoms with Crippen molar-refractivity contribution < 1.29 is 23.5 Å². The maximum Gasteiger partial charge on any atom is 0.401 e. The molecular formula is C8H16F3N3O2. The first-order valence-electron chi connectivity index (χ1n) is 4.75. The van der Waals surface area contributed by atoms with E-state index in [-0.39, 0.29) is 32.0 Å². The Balaban J connectivity index is 3.94. The summed E-state index contributed by atoms with van der Waals surface area (Å²) in [6.07, 6.45) is -3.73. The third-order valence-corrected chi connectivity index (χ3v) is 1.85. The highest BCUT2D eigenvalue weighted by Gasteiger charge is 2.30. The van der Waals surface area contributed by atoms with Crippen molar-refractivity contribution in [2.75, 3.05) is 26.2 Å². The van der Waals surface area contributed by atoms with E-state index in [1.165, 1.54) is 0 Å². The lowest BCUT2D eigenvalue weighted by molar-refractivity contribution is -0.146. The fourth-order valence-corrected chi connectivity index (χ4v) is 1.20. The number of hydrogen-bond donors (Lipinski definition) is 3. The van der Waals surface area contributed by atoms with Crippen LogP contribution in [0.2, 0.25) is 0 Å². The second-order valence-corrected chi connectivity index (χ2v) is 3.31. The quantitative estimate of drug-likeness (QED) is 0.261. The zero-order chi connectivity index (χ0) is 12.6. The van der Waals surface area contributed by atoms with E-state index in [2.05, 4.69) is 5.16 Å². The maximum atomic E-state index is 12.1. The van der Waals surface area contributed by atoms with E-state index in [1.54, 1.807) is 0 Å². The average Bonchev–Trinajstić information content (AvgIpc) is 2.15. The van der Waals surface area contributed by atoms with Crippen molar-refractivity contribution >= 4 is 5.84 Å². The van der Waals surface area contributed by atoms with Gasteiger partial charge in [0.25, 0.3) is 0 Å². The summed E-state index contributed by atoms with van der Waals surface area (Å²) in [6.45, 7) is -1.31. The van der Waals surface area contributed by atoms with Gasteiger partial charge in [-0.05, 0) is 13.0 Å². The van der Waals surface area contributed by atoms with E-state index >= 15 is 0 Å². The molecule has 0 aromatic rings. The Labute approximate surface area is 91.3 Å². The standard InChI is InChI=1S/C8H16F3N3O2/c9-8(10,11)6-14(4-5-15)3-1-2-7(12)13-16/h15-16H,1-6H2,(H2,12,13). The minimum atomic E-state index is -4.29. The Morgan fingerprint density at radius 3 is 2.38 bits per heavy atom. The summed E-state index contributed by atoms with van der Waals surface area (Å²) in [5.74, 6) is -0.0176. The lowest BCUT2D eigenvalue weighted by Gasteiger charge is -2.22. The van der Waals surface area contributed by atoms with Crippen molar-refractivity contribution in [3.8, 4) is 0 Å². The largest absolute Gasteiger partial charge is 0.409 e. The number of hydrogen-bond acceptors (Lipinski definition) is 4. The zero-order valence-corrected chi connectivity index (χ0v) is 8.74. The highest BCUT2D eigenvalue weighted by Crippen LogP contribution is 2.16. The molecule has 5 nitrogen and oxygen atoms in total. The van der Waals surface area contributed by atoms with E-state index in [0.717, 1.165) is 4.90 Å². The van der Waals surface area contributed by atoms with Gasteiger partial charge in [0, 0.05) is 13.0 Å². The summed E-state index contributed by atoms with van der Waals surface area (Å²) in [5, 5.41) is 19.5. The SMILES string of the molecule is NC(CCCN(CCO)CC(F)(F)F)=NO. The van der Waals surface area contributed by atoms with Crippen molar-refractivity contribution in [3.05, 3.63) is 0 Å². The molecule has 0 unspecified atom stereocenters. The number of alkyl halides is 3. The fraction of sp³-hybridized carbons (Fsp3) is 0.875. The summed E-state index contributed by atoms with van der Waals surface area (Å²) in [6, 6.07) is 0. The predicted molar refractivity (Wildman–Crippen MR) is 52.2 cm³/mol. The molecule has 0 aromatic heterocycles. The van der Waals surface area contributed by atoms with Gasteiger partial charge in [0.1, 0.15) is 5.84 Å². The third kappa shape index (κ3) is 8.30. The molecule has 0 radical (unpaired) electrons. The van der Waals surface area contributed by atoms with Crippen LogP contribution in [-0.4, -0.2) is 53.5 Å². The summed E-state index contributed by atoms with van der Waals surface area (Å²) >= 11 is 0. The van der Waals surface area contributed by atoms with Gasteiger partial charge in [0.15, 0.2) is 0 Å². The van der Waals surface area contributed by atoms with Crippen LogP contribution in [0.3, 0.4) is 0 Å². The Morgan fingerprint density at radius 1 is 1.31 bits per heavy atom. The predicted octanol–water partition coefficient (Wildman–Crippen LogP) is 0.370. The average molecular weight is 243 g/mol. The van der Waals surface area contributed by atoms with Crippen LogP contribution in [-0.2, 0) is 0 Å². The minimum Gasteiger partial charge on any atom is -0.409 e. The Kier molecular flexibility index (Phi) is 6.82. The molecule has 0 aliphatic heterocycles. The van der Waals surface area contributed by atoms with Crippen molar-refractivity contribution in [1.82, 2.24) is 4.90 Å². The molecule has 0 spiro atoms. The number of aliphatic hydroxyl groups excluding tert-OH is 1. The molecule has 0 rings (SSSR count). The fourth-order valence-electron chi connectivity index (χ4n) is 1.20. The van der Waals surface area contributed by atoms with Gasteiger partial charge in [0.2, 0.25) is 0 Å². The van der Waals surface area contributed by atoms with Crippen molar-refractivity contribution in [2.45, 2.75) is 19.0 Å². The first-order chi connectivity index (χ1) is 7.39. The number of oxime groups is 1. The molecule has 96 valence electrons. The Hall–Kier alpha value is -1.02. The first kappa shape index (κ1) is 15.0. The van der Waals surface area contributed by atoms with Crippen LogP contribution in [0, 0.1) is 0 Å². The molecule has 4 N–H and O–H groups in total. The lowest BCUT2D eigenvalue weighted by Crippen LogP contribution is -2.37. The molecule has 8 heteroatoms. The summed E-state index contributed by atoms with van der Waals surface area (Å²) in [4.78, 5) is 1.07. The second kappa shape index (κ2) is 7.29. The van der Waals surface area contributed by atoms with Crippen molar-refractivity contribution in [3.63, 3.8) is 0 Å². The third-order valence-electron chi connectivity index (χ3n) is 1.85. The number of aliphatic hydroxyl groups is 1. The van der Waals surface area contributed by atoms with E-state index in [0.29, 0.717) is 6.42 Å². The van der Waals surface area contributed by atoms with Crippen molar-refractivity contribution in [2.24, 2.45) is 10.9 Å². The molecule has 0 amide bonds. The van der Waals surface area contributed by atoms with E-state index in [4.69, 9.17) is 16.0 Å². The molecular weight excluding hydrogens is 227 g/mol. The van der Waals surface area contributed by atoms with E-state index < -0.39 is 12.7 Å². The van der Waals surface area contributed by atoms with Gasteiger partial charge in [-0.15, -0.1) is 0 Å². The molecule has 0 aliphatic rings. The van der Waals surface area contributed by atoms with Crippen LogP contribution in [0.15, 0.2) is 5.16 Å². The topological polar surface area (TPSA) is 82.1 Å². The Morgan fingerprint density at radius 2 is 1.94 bits per heavy atom. The van der Waals surface area contributed by atoms with Gasteiger partial charge < -0.3 is 16.0 Å². The monoisotopic (exact) mass is 243 g/mol. The number of rotatable bonds is 7. The summed E-state index contributed by atoms with van der Waals surface area (Å²) in [7, 11) is 0. The van der Waals surface area contributed by atoms with Crippen molar-refractivity contribution in [1.29, 1.82) is 0 Å². The molecule has 16 heavy (non-hydrogen) atoms. The number of nitrogens with zero attached hydrogens (tertiary/aromatic N) is 2. The molecule has 0 bridgehead atoms. The molecule has 0 heterocycles. The smallest absolute Gasteiger partial charge is 0.401 e. The van der Waals surface area contributed by atoms with Crippen LogP contribution in [0.4, 0.5) is 13.2 Å². The molecule has 0 fully saturated rings. The molecule has 0 saturated carbocycles. The van der Waals surface area contributed by atoms with Gasteiger partial charge in [0.05, 0.1) is 13.2 Å². The van der Waals surface area contributed by atoms with Crippen LogP contribution in [0.5, 0.6) is 0 Å². The van der Waals surface area contributed by atoms with E-state index in [9.17, 15) is 13.2 Å². The van der Waals surface area contributed by atoms with Gasteiger partial charge in [-0.25, -0.2) is 0 Å². The summed E-state index contributed by atoms with van der Waals surface area (Å²) in [5.41, 5.74) is 5.17. The molecule has 0 aromatic carbocycles. The maximum absolute atomic E-state index is 12.1. The van der Waals surface area contributed by atoms with Crippen LogP contribution in [0.25, 0.3) is 0 Å². The Bertz CT molecular complexity index is 221. The van der Waals surface area contributed by atoms with Crippen LogP contribution >= 0.6 is 0 Å². The number of halogens is 3. The summed E-state index contributed by atoms with van der Waals surface area (Å²) < 4.78 is 36.2. The van der Waals surface area contributed by atoms with Gasteiger partial charge in [-0.2, -0.15) is 13.2 Å². The van der Waals surface area contributed by atoms with Gasteiger partial charge >= 0.3 is 6.18 Å². The number of nitrogens with two attached hydrogens (primary N) is 1. The first-order valence-corrected chi connectivity index (χ1v) is 4.75. The molecule has 0 saturated heterocycles. The second-order valence-electron chi connectivity index (χ2n) is 3.31. The minimum absolute atomic E-state index is 0.0176. The van der Waals surface area contributed by atoms with Crippen LogP contribution < -0.4 is 5.73 Å².